The van der Waals surface area contributed by atoms with Gasteiger partial charge in [-0.1, -0.05) is 45.9 Å². The molecule has 4 heteroatoms. The molecule has 0 saturated carbocycles. The van der Waals surface area contributed by atoms with Crippen LogP contribution in [0.3, 0.4) is 0 Å². The fourth-order valence-electron chi connectivity index (χ4n) is 2.45. The molecule has 1 atom stereocenters. The number of rotatable bonds is 5. The van der Waals surface area contributed by atoms with Crippen molar-refractivity contribution in [2.45, 2.75) is 51.5 Å². The van der Waals surface area contributed by atoms with Crippen molar-refractivity contribution in [2.24, 2.45) is 5.41 Å². The van der Waals surface area contributed by atoms with E-state index >= 15 is 0 Å². The largest absolute Gasteiger partial charge is 0.383 e. The molecule has 0 amide bonds. The minimum atomic E-state index is -0.883. The first-order valence-electron chi connectivity index (χ1n) is 7.62. The van der Waals surface area contributed by atoms with Crippen LogP contribution in [0.4, 0.5) is 0 Å². The quantitative estimate of drug-likeness (QED) is 0.777. The van der Waals surface area contributed by atoms with Crippen LogP contribution >= 0.6 is 23.1 Å². The molecule has 1 N–H and O–H groups in total. The molecule has 0 bridgehead atoms. The molecular formula is C18H25NOS2. The van der Waals surface area contributed by atoms with Crippen LogP contribution in [0.1, 0.15) is 43.7 Å². The molecule has 0 fully saturated rings. The second-order valence-electron chi connectivity index (χ2n) is 6.68. The number of thioether (sulfide) groups is 1. The van der Waals surface area contributed by atoms with E-state index in [-0.39, 0.29) is 5.41 Å². The lowest BCUT2D eigenvalue weighted by molar-refractivity contribution is -0.0392. The Balaban J connectivity index is 2.31. The average Bonchev–Trinajstić information content (AvgIpc) is 2.98. The summed E-state index contributed by atoms with van der Waals surface area (Å²) in [4.78, 5) is 6.40. The number of nitrogens with zero attached hydrogens (tertiary/aromatic N) is 1. The highest BCUT2D eigenvalue weighted by molar-refractivity contribution is 7.99. The molecule has 0 spiro atoms. The fraction of sp³-hybridized carbons (Fsp3) is 0.500. The number of hydrogen-bond donors (Lipinski definition) is 1. The fourth-order valence-corrected chi connectivity index (χ4v) is 5.11. The molecule has 1 unspecified atom stereocenters. The summed E-state index contributed by atoms with van der Waals surface area (Å²) in [5.74, 6) is 0.635. The molecule has 22 heavy (non-hydrogen) atoms. The molecule has 0 aliphatic rings. The number of aryl methyl sites for hydroxylation is 2. The summed E-state index contributed by atoms with van der Waals surface area (Å²) < 4.78 is 0. The lowest BCUT2D eigenvalue weighted by Gasteiger charge is -2.39. The van der Waals surface area contributed by atoms with Crippen LogP contribution in [0.2, 0.25) is 0 Å². The standard InChI is InChI=1S/C18H25NOS2/c1-6-14-9-7-8-13(2)16(14)21-11-18(20,17(3,4)5)15-10-19-12-22-15/h7-10,12,20H,6,11H2,1-5H3. The maximum atomic E-state index is 11.4. The zero-order valence-corrected chi connectivity index (χ0v) is 15.6. The van der Waals surface area contributed by atoms with Crippen molar-refractivity contribution in [2.75, 3.05) is 5.75 Å². The Hall–Kier alpha value is -0.840. The van der Waals surface area contributed by atoms with Crippen molar-refractivity contribution in [3.8, 4) is 0 Å². The highest BCUT2D eigenvalue weighted by atomic mass is 32.2. The second kappa shape index (κ2) is 6.73. The van der Waals surface area contributed by atoms with E-state index < -0.39 is 5.60 Å². The van der Waals surface area contributed by atoms with Crippen LogP contribution in [-0.2, 0) is 12.0 Å². The van der Waals surface area contributed by atoms with Crippen LogP contribution in [0.5, 0.6) is 0 Å². The van der Waals surface area contributed by atoms with E-state index in [1.807, 2.05) is 0 Å². The maximum Gasteiger partial charge on any atom is 0.114 e. The topological polar surface area (TPSA) is 33.1 Å². The van der Waals surface area contributed by atoms with Crippen molar-refractivity contribution in [1.82, 2.24) is 4.98 Å². The Bertz CT molecular complexity index is 617. The smallest absolute Gasteiger partial charge is 0.114 e. The zero-order chi connectivity index (χ0) is 16.4. The number of hydrogen-bond acceptors (Lipinski definition) is 4. The van der Waals surface area contributed by atoms with E-state index in [4.69, 9.17) is 0 Å². The molecule has 0 aliphatic carbocycles. The van der Waals surface area contributed by atoms with Gasteiger partial charge in [0.2, 0.25) is 0 Å². The summed E-state index contributed by atoms with van der Waals surface area (Å²) in [7, 11) is 0. The molecule has 2 rings (SSSR count). The molecular weight excluding hydrogens is 310 g/mol. The molecule has 0 saturated heterocycles. The van der Waals surface area contributed by atoms with Gasteiger partial charge in [-0.15, -0.1) is 23.1 Å². The summed E-state index contributed by atoms with van der Waals surface area (Å²) in [6, 6.07) is 6.43. The Labute approximate surface area is 142 Å². The highest BCUT2D eigenvalue weighted by Crippen LogP contribution is 2.45. The molecule has 2 aromatic rings. The van der Waals surface area contributed by atoms with Crippen molar-refractivity contribution in [1.29, 1.82) is 0 Å². The summed E-state index contributed by atoms with van der Waals surface area (Å²) in [6.45, 7) is 10.6. The number of aliphatic hydroxyl groups is 1. The van der Waals surface area contributed by atoms with Gasteiger partial charge in [-0.2, -0.15) is 0 Å². The first-order chi connectivity index (χ1) is 10.3. The predicted molar refractivity (Wildman–Crippen MR) is 96.7 cm³/mol. The van der Waals surface area contributed by atoms with Crippen molar-refractivity contribution < 1.29 is 5.11 Å². The summed E-state index contributed by atoms with van der Waals surface area (Å²) >= 11 is 3.29. The third-order valence-corrected chi connectivity index (χ3v) is 6.54. The van der Waals surface area contributed by atoms with Gasteiger partial charge in [0, 0.05) is 16.8 Å². The van der Waals surface area contributed by atoms with Gasteiger partial charge >= 0.3 is 0 Å². The van der Waals surface area contributed by atoms with Crippen LogP contribution in [0.15, 0.2) is 34.8 Å². The van der Waals surface area contributed by atoms with E-state index in [1.165, 1.54) is 27.4 Å². The Morgan fingerprint density at radius 1 is 1.27 bits per heavy atom. The van der Waals surface area contributed by atoms with E-state index in [0.717, 1.165) is 11.3 Å². The first kappa shape index (κ1) is 17.5. The predicted octanol–water partition coefficient (Wildman–Crippen LogP) is 5.04. The van der Waals surface area contributed by atoms with E-state index in [0.29, 0.717) is 5.75 Å². The number of aromatic nitrogens is 1. The maximum absolute atomic E-state index is 11.4. The van der Waals surface area contributed by atoms with Crippen LogP contribution in [-0.4, -0.2) is 15.8 Å². The SMILES string of the molecule is CCc1cccc(C)c1SCC(O)(c1cncs1)C(C)(C)C. The van der Waals surface area contributed by atoms with Gasteiger partial charge in [-0.25, -0.2) is 0 Å². The molecule has 1 heterocycles. The highest BCUT2D eigenvalue weighted by Gasteiger charge is 2.43. The van der Waals surface area contributed by atoms with Gasteiger partial charge in [0.05, 0.1) is 10.4 Å². The first-order valence-corrected chi connectivity index (χ1v) is 9.48. The molecule has 2 nitrogen and oxygen atoms in total. The van der Waals surface area contributed by atoms with Crippen molar-refractivity contribution in [3.63, 3.8) is 0 Å². The molecule has 0 aliphatic heterocycles. The second-order valence-corrected chi connectivity index (χ2v) is 8.55. The van der Waals surface area contributed by atoms with Crippen molar-refractivity contribution in [3.05, 3.63) is 45.9 Å². The van der Waals surface area contributed by atoms with Gasteiger partial charge in [0.15, 0.2) is 0 Å². The summed E-state index contributed by atoms with van der Waals surface area (Å²) in [5, 5.41) is 11.4. The van der Waals surface area contributed by atoms with Gasteiger partial charge in [0.25, 0.3) is 0 Å². The Morgan fingerprint density at radius 3 is 2.55 bits per heavy atom. The number of benzene rings is 1. The van der Waals surface area contributed by atoms with Gasteiger partial charge in [0.1, 0.15) is 5.60 Å². The van der Waals surface area contributed by atoms with Crippen LogP contribution in [0, 0.1) is 12.3 Å². The molecule has 0 radical (unpaired) electrons. The Kier molecular flexibility index (Phi) is 5.36. The third kappa shape index (κ3) is 3.39. The van der Waals surface area contributed by atoms with E-state index in [1.54, 1.807) is 23.5 Å². The van der Waals surface area contributed by atoms with E-state index in [2.05, 4.69) is 57.8 Å². The average molecular weight is 336 g/mol. The van der Waals surface area contributed by atoms with Gasteiger partial charge < -0.3 is 5.11 Å². The molecule has 1 aromatic heterocycles. The van der Waals surface area contributed by atoms with Crippen molar-refractivity contribution >= 4 is 23.1 Å². The minimum Gasteiger partial charge on any atom is -0.383 e. The molecule has 120 valence electrons. The molecule has 1 aromatic carbocycles. The lowest BCUT2D eigenvalue weighted by Crippen LogP contribution is -2.41. The summed E-state index contributed by atoms with van der Waals surface area (Å²) in [5.41, 5.74) is 3.30. The van der Waals surface area contributed by atoms with Gasteiger partial charge in [-0.3, -0.25) is 4.98 Å². The van der Waals surface area contributed by atoms with Crippen LogP contribution < -0.4 is 0 Å². The number of thiazole rings is 1. The monoisotopic (exact) mass is 335 g/mol. The minimum absolute atomic E-state index is 0.248. The van der Waals surface area contributed by atoms with Crippen LogP contribution in [0.25, 0.3) is 0 Å². The third-order valence-electron chi connectivity index (χ3n) is 4.18. The normalized spacial score (nSPS) is 14.8. The van der Waals surface area contributed by atoms with Gasteiger partial charge in [-0.05, 0) is 29.9 Å². The Morgan fingerprint density at radius 2 is 2.00 bits per heavy atom. The zero-order valence-electron chi connectivity index (χ0n) is 14.0. The van der Waals surface area contributed by atoms with E-state index in [9.17, 15) is 5.11 Å². The lowest BCUT2D eigenvalue weighted by atomic mass is 9.77. The summed E-state index contributed by atoms with van der Waals surface area (Å²) in [6.07, 6.45) is 2.81.